The average molecular weight is 266 g/mol. The number of aryl methyl sites for hydroxylation is 1. The second kappa shape index (κ2) is 5.63. The first-order valence-electron chi connectivity index (χ1n) is 5.99. The number of hydrogen-bond donors (Lipinski definition) is 3. The monoisotopic (exact) mass is 266 g/mol. The Labute approximate surface area is 111 Å². The lowest BCUT2D eigenvalue weighted by molar-refractivity contribution is 0.0706. The summed E-state index contributed by atoms with van der Waals surface area (Å²) in [5.41, 5.74) is 1.17. The van der Waals surface area contributed by atoms with Crippen LogP contribution in [0.1, 0.15) is 12.0 Å². The van der Waals surface area contributed by atoms with Crippen LogP contribution in [0.25, 0.3) is 0 Å². The Morgan fingerprint density at radius 3 is 2.78 bits per heavy atom. The summed E-state index contributed by atoms with van der Waals surface area (Å²) in [5, 5.41) is 15.5. The van der Waals surface area contributed by atoms with Crippen molar-refractivity contribution in [1.82, 2.24) is 5.32 Å². The van der Waals surface area contributed by atoms with Crippen molar-refractivity contribution in [2.45, 2.75) is 18.9 Å². The van der Waals surface area contributed by atoms with Crippen molar-refractivity contribution in [3.63, 3.8) is 0 Å². The molecule has 0 radical (unpaired) electrons. The van der Waals surface area contributed by atoms with Crippen LogP contribution in [0.3, 0.4) is 0 Å². The van der Waals surface area contributed by atoms with Crippen molar-refractivity contribution >= 4 is 23.5 Å². The van der Waals surface area contributed by atoms with E-state index in [2.05, 4.69) is 10.6 Å². The van der Waals surface area contributed by atoms with E-state index < -0.39 is 5.60 Å². The highest BCUT2D eigenvalue weighted by atomic mass is 32.2. The van der Waals surface area contributed by atoms with Gasteiger partial charge >= 0.3 is 6.03 Å². The third-order valence-electron chi connectivity index (χ3n) is 2.97. The van der Waals surface area contributed by atoms with Crippen LogP contribution in [0.2, 0.25) is 0 Å². The van der Waals surface area contributed by atoms with Crippen molar-refractivity contribution in [2.24, 2.45) is 0 Å². The minimum Gasteiger partial charge on any atom is -0.387 e. The van der Waals surface area contributed by atoms with Crippen LogP contribution in [0, 0.1) is 6.92 Å². The molecular formula is C13H18N2O2S. The predicted molar refractivity (Wildman–Crippen MR) is 75.1 cm³/mol. The average Bonchev–Trinajstić information content (AvgIpc) is 2.78. The maximum Gasteiger partial charge on any atom is 0.319 e. The first-order valence-corrected chi connectivity index (χ1v) is 7.15. The normalized spacial score (nSPS) is 22.8. The fourth-order valence-corrected chi connectivity index (χ4v) is 3.09. The highest BCUT2D eigenvalue weighted by Gasteiger charge is 2.31. The third-order valence-corrected chi connectivity index (χ3v) is 4.20. The van der Waals surface area contributed by atoms with E-state index in [1.807, 2.05) is 31.2 Å². The Bertz CT molecular complexity index is 414. The molecule has 0 spiro atoms. The lowest BCUT2D eigenvalue weighted by Crippen LogP contribution is -2.44. The van der Waals surface area contributed by atoms with Gasteiger partial charge in [-0.25, -0.2) is 4.79 Å². The van der Waals surface area contributed by atoms with Gasteiger partial charge in [-0.15, -0.1) is 0 Å². The van der Waals surface area contributed by atoms with E-state index in [1.54, 1.807) is 11.8 Å². The minimum atomic E-state index is -0.741. The van der Waals surface area contributed by atoms with Crippen LogP contribution in [0.5, 0.6) is 0 Å². The molecule has 0 saturated carbocycles. The van der Waals surface area contributed by atoms with Gasteiger partial charge in [0.05, 0.1) is 5.60 Å². The Morgan fingerprint density at radius 2 is 2.17 bits per heavy atom. The Balaban J connectivity index is 1.80. The molecule has 2 rings (SSSR count). The zero-order chi connectivity index (χ0) is 13.0. The molecule has 1 atom stereocenters. The highest BCUT2D eigenvalue weighted by Crippen LogP contribution is 2.26. The number of aliphatic hydroxyl groups is 1. The fraction of sp³-hybridized carbons (Fsp3) is 0.462. The molecule has 0 aliphatic carbocycles. The maximum absolute atomic E-state index is 11.7. The molecule has 5 heteroatoms. The minimum absolute atomic E-state index is 0.274. The van der Waals surface area contributed by atoms with Crippen molar-refractivity contribution in [3.8, 4) is 0 Å². The number of carbonyl (C=O) groups is 1. The molecule has 1 aliphatic rings. The second-order valence-electron chi connectivity index (χ2n) is 4.70. The summed E-state index contributed by atoms with van der Waals surface area (Å²) >= 11 is 1.72. The molecule has 1 aromatic rings. The Kier molecular flexibility index (Phi) is 4.14. The van der Waals surface area contributed by atoms with Crippen LogP contribution >= 0.6 is 11.8 Å². The summed E-state index contributed by atoms with van der Waals surface area (Å²) < 4.78 is 0. The Hall–Kier alpha value is -1.20. The number of anilines is 1. The van der Waals surface area contributed by atoms with E-state index in [9.17, 15) is 9.90 Å². The molecular weight excluding hydrogens is 248 g/mol. The summed E-state index contributed by atoms with van der Waals surface area (Å²) in [4.78, 5) is 11.7. The zero-order valence-electron chi connectivity index (χ0n) is 10.4. The number of carbonyl (C=O) groups excluding carboxylic acids is 1. The summed E-state index contributed by atoms with van der Waals surface area (Å²) in [7, 11) is 0. The second-order valence-corrected chi connectivity index (χ2v) is 5.81. The maximum atomic E-state index is 11.7. The van der Waals surface area contributed by atoms with Gasteiger partial charge in [-0.05, 0) is 31.2 Å². The topological polar surface area (TPSA) is 61.4 Å². The van der Waals surface area contributed by atoms with Gasteiger partial charge in [0, 0.05) is 18.0 Å². The van der Waals surface area contributed by atoms with Gasteiger partial charge in [-0.1, -0.05) is 17.7 Å². The number of rotatable bonds is 3. The summed E-state index contributed by atoms with van der Waals surface area (Å²) in [6, 6.07) is 7.32. The van der Waals surface area contributed by atoms with E-state index in [1.165, 1.54) is 0 Å². The van der Waals surface area contributed by atoms with E-state index >= 15 is 0 Å². The van der Waals surface area contributed by atoms with Crippen LogP contribution in [0.4, 0.5) is 10.5 Å². The van der Waals surface area contributed by atoms with Gasteiger partial charge in [0.15, 0.2) is 0 Å². The van der Waals surface area contributed by atoms with Crippen LogP contribution < -0.4 is 10.6 Å². The van der Waals surface area contributed by atoms with Crippen molar-refractivity contribution in [2.75, 3.05) is 23.4 Å². The summed E-state index contributed by atoms with van der Waals surface area (Å²) in [6.45, 7) is 2.30. The molecule has 1 heterocycles. The number of urea groups is 1. The first kappa shape index (κ1) is 13.2. The smallest absolute Gasteiger partial charge is 0.319 e. The molecule has 1 aliphatic heterocycles. The van der Waals surface area contributed by atoms with Crippen molar-refractivity contribution in [3.05, 3.63) is 29.8 Å². The van der Waals surface area contributed by atoms with E-state index in [-0.39, 0.29) is 6.03 Å². The molecule has 1 aromatic carbocycles. The van der Waals surface area contributed by atoms with Gasteiger partial charge in [0.25, 0.3) is 0 Å². The number of hydrogen-bond acceptors (Lipinski definition) is 3. The SMILES string of the molecule is Cc1ccc(NC(=O)NCC2(O)CCSC2)cc1. The quantitative estimate of drug-likeness (QED) is 0.784. The highest BCUT2D eigenvalue weighted by molar-refractivity contribution is 7.99. The standard InChI is InChI=1S/C13H18N2O2S/c1-10-2-4-11(5-3-10)15-12(16)14-8-13(17)6-7-18-9-13/h2-5,17H,6-9H2,1H3,(H2,14,15,16). The molecule has 4 nitrogen and oxygen atoms in total. The van der Waals surface area contributed by atoms with Crippen molar-refractivity contribution < 1.29 is 9.90 Å². The molecule has 1 fully saturated rings. The number of nitrogens with one attached hydrogen (secondary N) is 2. The largest absolute Gasteiger partial charge is 0.387 e. The van der Waals surface area contributed by atoms with Gasteiger partial charge in [-0.3, -0.25) is 0 Å². The molecule has 98 valence electrons. The number of amides is 2. The molecule has 0 bridgehead atoms. The number of thioether (sulfide) groups is 1. The van der Waals surface area contributed by atoms with Gasteiger partial charge in [-0.2, -0.15) is 11.8 Å². The van der Waals surface area contributed by atoms with E-state index in [0.717, 1.165) is 23.4 Å². The zero-order valence-corrected chi connectivity index (χ0v) is 11.2. The molecule has 2 amide bonds. The summed E-state index contributed by atoms with van der Waals surface area (Å²) in [6.07, 6.45) is 0.739. The molecule has 3 N–H and O–H groups in total. The van der Waals surface area contributed by atoms with Crippen LogP contribution in [-0.2, 0) is 0 Å². The molecule has 18 heavy (non-hydrogen) atoms. The lowest BCUT2D eigenvalue weighted by atomic mass is 10.0. The number of benzene rings is 1. The molecule has 1 unspecified atom stereocenters. The molecule has 0 aromatic heterocycles. The first-order chi connectivity index (χ1) is 8.57. The summed E-state index contributed by atoms with van der Waals surface area (Å²) in [5.74, 6) is 1.65. The van der Waals surface area contributed by atoms with E-state index in [4.69, 9.17) is 0 Å². The Morgan fingerprint density at radius 1 is 1.44 bits per heavy atom. The fourth-order valence-electron chi connectivity index (χ4n) is 1.79. The van der Waals surface area contributed by atoms with Gasteiger partial charge in [0.1, 0.15) is 0 Å². The third kappa shape index (κ3) is 3.65. The van der Waals surface area contributed by atoms with Crippen molar-refractivity contribution in [1.29, 1.82) is 0 Å². The van der Waals surface area contributed by atoms with Gasteiger partial charge in [0.2, 0.25) is 0 Å². The van der Waals surface area contributed by atoms with Gasteiger partial charge < -0.3 is 15.7 Å². The lowest BCUT2D eigenvalue weighted by Gasteiger charge is -2.21. The predicted octanol–water partition coefficient (Wildman–Crippen LogP) is 1.98. The van der Waals surface area contributed by atoms with Crippen LogP contribution in [-0.4, -0.2) is 34.8 Å². The molecule has 1 saturated heterocycles. The van der Waals surface area contributed by atoms with E-state index in [0.29, 0.717) is 12.3 Å². The van der Waals surface area contributed by atoms with Crippen LogP contribution in [0.15, 0.2) is 24.3 Å².